The molecule has 0 aliphatic carbocycles. The van der Waals surface area contributed by atoms with Crippen molar-refractivity contribution in [2.24, 2.45) is 5.73 Å². The highest BCUT2D eigenvalue weighted by Gasteiger charge is 2.12. The lowest BCUT2D eigenvalue weighted by Gasteiger charge is -2.21. The quantitative estimate of drug-likeness (QED) is 0.772. The Labute approximate surface area is 125 Å². The van der Waals surface area contributed by atoms with Crippen LogP contribution in [-0.4, -0.2) is 37.5 Å². The number of carbonyl (C=O) groups excluding carboxylic acids is 1. The first-order valence-electron chi connectivity index (χ1n) is 7.01. The normalized spacial score (nSPS) is 10.1. The summed E-state index contributed by atoms with van der Waals surface area (Å²) in [5, 5.41) is 2.61. The van der Waals surface area contributed by atoms with Gasteiger partial charge in [0, 0.05) is 19.2 Å². The minimum absolute atomic E-state index is 0.0415. The number of halogens is 1. The van der Waals surface area contributed by atoms with E-state index in [9.17, 15) is 9.18 Å². The second-order valence-electron chi connectivity index (χ2n) is 4.69. The number of benzene rings is 1. The zero-order valence-corrected chi connectivity index (χ0v) is 12.6. The van der Waals surface area contributed by atoms with Crippen LogP contribution in [0.4, 0.5) is 4.39 Å². The molecule has 0 radical (unpaired) electrons. The number of likely N-dealkylation sites (N-methyl/N-ethyl adjacent to an activating group) is 1. The van der Waals surface area contributed by atoms with E-state index in [0.29, 0.717) is 18.7 Å². The van der Waals surface area contributed by atoms with E-state index in [-0.39, 0.29) is 18.3 Å². The van der Waals surface area contributed by atoms with Gasteiger partial charge in [-0.05, 0) is 30.7 Å². The Kier molecular flexibility index (Phi) is 7.44. The number of nitrogens with zero attached hydrogens (tertiary/aromatic N) is 1. The molecule has 0 aromatic heterocycles. The molecule has 3 N–H and O–H groups in total. The SMILES string of the molecule is CCCN(CC(=O)NC)Cc1ccc(F)cc1C#CCN. The predicted molar refractivity (Wildman–Crippen MR) is 82.0 cm³/mol. The van der Waals surface area contributed by atoms with Gasteiger partial charge in [-0.15, -0.1) is 0 Å². The van der Waals surface area contributed by atoms with Gasteiger partial charge in [0.2, 0.25) is 5.91 Å². The highest BCUT2D eigenvalue weighted by Crippen LogP contribution is 2.13. The molecule has 1 rings (SSSR count). The highest BCUT2D eigenvalue weighted by atomic mass is 19.1. The maximum absolute atomic E-state index is 13.3. The third-order valence-corrected chi connectivity index (χ3v) is 2.98. The molecule has 0 saturated carbocycles. The van der Waals surface area contributed by atoms with E-state index >= 15 is 0 Å². The molecule has 5 heteroatoms. The average Bonchev–Trinajstić information content (AvgIpc) is 2.47. The molecule has 0 bridgehead atoms. The van der Waals surface area contributed by atoms with Gasteiger partial charge < -0.3 is 11.1 Å². The Hall–Kier alpha value is -1.90. The Morgan fingerprint density at radius 2 is 2.24 bits per heavy atom. The van der Waals surface area contributed by atoms with Crippen molar-refractivity contribution in [3.63, 3.8) is 0 Å². The van der Waals surface area contributed by atoms with Crippen molar-refractivity contribution >= 4 is 5.91 Å². The number of rotatable bonds is 6. The third kappa shape index (κ3) is 5.94. The molecule has 0 atom stereocenters. The molecule has 0 aliphatic rings. The first kappa shape index (κ1) is 17.2. The van der Waals surface area contributed by atoms with Gasteiger partial charge in [0.1, 0.15) is 5.82 Å². The average molecular weight is 291 g/mol. The lowest BCUT2D eigenvalue weighted by atomic mass is 10.1. The summed E-state index contributed by atoms with van der Waals surface area (Å²) in [5.41, 5.74) is 6.89. The number of amides is 1. The molecule has 0 spiro atoms. The van der Waals surface area contributed by atoms with Crippen LogP contribution in [0.2, 0.25) is 0 Å². The number of carbonyl (C=O) groups is 1. The molecule has 4 nitrogen and oxygen atoms in total. The summed E-state index contributed by atoms with van der Waals surface area (Å²) in [6, 6.07) is 4.53. The van der Waals surface area contributed by atoms with E-state index in [2.05, 4.69) is 24.1 Å². The largest absolute Gasteiger partial charge is 0.358 e. The Bertz CT molecular complexity index is 534. The molecular weight excluding hydrogens is 269 g/mol. The maximum atomic E-state index is 13.3. The van der Waals surface area contributed by atoms with E-state index in [0.717, 1.165) is 18.5 Å². The fourth-order valence-corrected chi connectivity index (χ4v) is 2.00. The summed E-state index contributed by atoms with van der Waals surface area (Å²) in [6.45, 7) is 3.93. The Morgan fingerprint density at radius 3 is 2.86 bits per heavy atom. The molecule has 0 aliphatic heterocycles. The molecule has 0 saturated heterocycles. The van der Waals surface area contributed by atoms with Crippen molar-refractivity contribution < 1.29 is 9.18 Å². The van der Waals surface area contributed by atoms with E-state index in [1.54, 1.807) is 13.1 Å². The van der Waals surface area contributed by atoms with Gasteiger partial charge in [-0.1, -0.05) is 24.8 Å². The van der Waals surface area contributed by atoms with Crippen LogP contribution in [0.25, 0.3) is 0 Å². The molecule has 1 aromatic carbocycles. The van der Waals surface area contributed by atoms with E-state index in [4.69, 9.17) is 5.73 Å². The van der Waals surface area contributed by atoms with Gasteiger partial charge in [0.05, 0.1) is 13.1 Å². The van der Waals surface area contributed by atoms with Gasteiger partial charge in [-0.25, -0.2) is 4.39 Å². The van der Waals surface area contributed by atoms with Crippen molar-refractivity contribution in [3.05, 3.63) is 35.1 Å². The number of nitrogens with two attached hydrogens (primary N) is 1. The van der Waals surface area contributed by atoms with Crippen LogP contribution in [-0.2, 0) is 11.3 Å². The smallest absolute Gasteiger partial charge is 0.233 e. The summed E-state index contributed by atoms with van der Waals surface area (Å²) < 4.78 is 13.3. The molecular formula is C16H22FN3O. The fraction of sp³-hybridized carbons (Fsp3) is 0.438. The minimum atomic E-state index is -0.326. The van der Waals surface area contributed by atoms with Gasteiger partial charge in [0.15, 0.2) is 0 Å². The molecule has 114 valence electrons. The minimum Gasteiger partial charge on any atom is -0.358 e. The van der Waals surface area contributed by atoms with Crippen molar-refractivity contribution in [1.29, 1.82) is 0 Å². The molecule has 0 fully saturated rings. The zero-order valence-electron chi connectivity index (χ0n) is 12.6. The topological polar surface area (TPSA) is 58.4 Å². The summed E-state index contributed by atoms with van der Waals surface area (Å²) >= 11 is 0. The fourth-order valence-electron chi connectivity index (χ4n) is 2.00. The molecule has 1 amide bonds. The Morgan fingerprint density at radius 1 is 1.48 bits per heavy atom. The van der Waals surface area contributed by atoms with Crippen molar-refractivity contribution in [1.82, 2.24) is 10.2 Å². The predicted octanol–water partition coefficient (Wildman–Crippen LogP) is 1.09. The first-order chi connectivity index (χ1) is 10.1. The third-order valence-electron chi connectivity index (χ3n) is 2.98. The van der Waals surface area contributed by atoms with Crippen LogP contribution in [0.15, 0.2) is 18.2 Å². The van der Waals surface area contributed by atoms with Crippen LogP contribution in [0.5, 0.6) is 0 Å². The highest BCUT2D eigenvalue weighted by molar-refractivity contribution is 5.77. The van der Waals surface area contributed by atoms with Gasteiger partial charge >= 0.3 is 0 Å². The van der Waals surface area contributed by atoms with E-state index in [1.807, 2.05) is 4.90 Å². The van der Waals surface area contributed by atoms with E-state index in [1.165, 1.54) is 12.1 Å². The molecule has 0 unspecified atom stereocenters. The maximum Gasteiger partial charge on any atom is 0.233 e. The van der Waals surface area contributed by atoms with Gasteiger partial charge in [0.25, 0.3) is 0 Å². The molecule has 1 aromatic rings. The summed E-state index contributed by atoms with van der Waals surface area (Å²) in [7, 11) is 1.61. The van der Waals surface area contributed by atoms with Crippen LogP contribution in [0.3, 0.4) is 0 Å². The first-order valence-corrected chi connectivity index (χ1v) is 7.01. The summed E-state index contributed by atoms with van der Waals surface area (Å²) in [6.07, 6.45) is 0.933. The van der Waals surface area contributed by atoms with Crippen LogP contribution < -0.4 is 11.1 Å². The monoisotopic (exact) mass is 291 g/mol. The lowest BCUT2D eigenvalue weighted by Crippen LogP contribution is -2.35. The number of hydrogen-bond donors (Lipinski definition) is 2. The van der Waals surface area contributed by atoms with Crippen LogP contribution >= 0.6 is 0 Å². The number of nitrogens with one attached hydrogen (secondary N) is 1. The van der Waals surface area contributed by atoms with Crippen molar-refractivity contribution in [2.75, 3.05) is 26.7 Å². The van der Waals surface area contributed by atoms with Crippen molar-refractivity contribution in [2.45, 2.75) is 19.9 Å². The number of hydrogen-bond acceptors (Lipinski definition) is 3. The lowest BCUT2D eigenvalue weighted by molar-refractivity contribution is -0.121. The molecule has 0 heterocycles. The van der Waals surface area contributed by atoms with Crippen LogP contribution in [0.1, 0.15) is 24.5 Å². The second-order valence-corrected chi connectivity index (χ2v) is 4.69. The van der Waals surface area contributed by atoms with Gasteiger partial charge in [-0.3, -0.25) is 9.69 Å². The van der Waals surface area contributed by atoms with E-state index < -0.39 is 0 Å². The standard InChI is InChI=1S/C16H22FN3O/c1-3-9-20(12-16(21)19-2)11-14-6-7-15(17)10-13(14)5-4-8-18/h6-7,10H,3,8-9,11-12,18H2,1-2H3,(H,19,21). The zero-order chi connectivity index (χ0) is 15.7. The van der Waals surface area contributed by atoms with Crippen LogP contribution in [0, 0.1) is 17.7 Å². The Balaban J connectivity index is 2.94. The molecule has 21 heavy (non-hydrogen) atoms. The second kappa shape index (κ2) is 9.11. The summed E-state index contributed by atoms with van der Waals surface area (Å²) in [5.74, 6) is 5.26. The summed E-state index contributed by atoms with van der Waals surface area (Å²) in [4.78, 5) is 13.6. The van der Waals surface area contributed by atoms with Crippen molar-refractivity contribution in [3.8, 4) is 11.8 Å². The van der Waals surface area contributed by atoms with Gasteiger partial charge in [-0.2, -0.15) is 0 Å².